The molecule has 0 aromatic heterocycles. The molecule has 5 nitrogen and oxygen atoms in total. The van der Waals surface area contributed by atoms with Crippen LogP contribution in [0.15, 0.2) is 47.1 Å². The van der Waals surface area contributed by atoms with Gasteiger partial charge in [-0.2, -0.15) is 0 Å². The molecule has 0 spiro atoms. The fourth-order valence-electron chi connectivity index (χ4n) is 7.32. The molecular formula is C29H42O5. The summed E-state index contributed by atoms with van der Waals surface area (Å²) in [4.78, 5) is 12.1. The van der Waals surface area contributed by atoms with E-state index in [-0.39, 0.29) is 47.6 Å². The molecule has 1 fully saturated rings. The minimum Gasteiger partial charge on any atom is -0.396 e. The monoisotopic (exact) mass is 470 g/mol. The number of methoxy groups -OCH3 is 1. The van der Waals surface area contributed by atoms with E-state index >= 15 is 0 Å². The van der Waals surface area contributed by atoms with Crippen LogP contribution in [0, 0.1) is 34.5 Å². The Bertz CT molecular complexity index is 950. The molecule has 0 saturated heterocycles. The van der Waals surface area contributed by atoms with Crippen molar-refractivity contribution in [2.24, 2.45) is 34.5 Å². The Morgan fingerprint density at radius 2 is 1.94 bits per heavy atom. The molecule has 0 aliphatic heterocycles. The SMILES string of the molecule is CO[C@@H]1C[C@H]([C@H](C)/C=C/[C@H](CO)C(C)(C)O)[C@]2(C)C1=C1C=CC3=CC(=O)CC[C@]3(C)[C@H]1C[C@H]2O. The summed E-state index contributed by atoms with van der Waals surface area (Å²) >= 11 is 0. The summed E-state index contributed by atoms with van der Waals surface area (Å²) in [6, 6.07) is 0. The van der Waals surface area contributed by atoms with Crippen molar-refractivity contribution >= 4 is 5.78 Å². The van der Waals surface area contributed by atoms with Gasteiger partial charge in [-0.05, 0) is 79.1 Å². The predicted octanol–water partition coefficient (Wildman–Crippen LogP) is 4.14. The summed E-state index contributed by atoms with van der Waals surface area (Å²) in [6.45, 7) is 9.92. The number of rotatable bonds is 6. The van der Waals surface area contributed by atoms with E-state index in [9.17, 15) is 20.1 Å². The van der Waals surface area contributed by atoms with Crippen LogP contribution in [0.1, 0.15) is 60.3 Å². The molecule has 0 amide bonds. The first-order valence-corrected chi connectivity index (χ1v) is 12.8. The zero-order valence-electron chi connectivity index (χ0n) is 21.5. The fraction of sp³-hybridized carbons (Fsp3) is 0.690. The normalized spacial score (nSPS) is 39.6. The van der Waals surface area contributed by atoms with Crippen LogP contribution in [0.2, 0.25) is 0 Å². The van der Waals surface area contributed by atoms with Crippen molar-refractivity contribution in [3.8, 4) is 0 Å². The third-order valence-corrected chi connectivity index (χ3v) is 9.73. The number of hydrogen-bond acceptors (Lipinski definition) is 5. The number of allylic oxidation sites excluding steroid dienone is 6. The lowest BCUT2D eigenvalue weighted by atomic mass is 9.52. The van der Waals surface area contributed by atoms with Gasteiger partial charge < -0.3 is 20.1 Å². The summed E-state index contributed by atoms with van der Waals surface area (Å²) < 4.78 is 6.03. The Morgan fingerprint density at radius 1 is 1.24 bits per heavy atom. The van der Waals surface area contributed by atoms with Crippen LogP contribution in [-0.4, -0.2) is 52.6 Å². The Kier molecular flexibility index (Phi) is 6.65. The standard InChI is InChI=1S/C29H42O5/c1-17(7-8-19(16-30)27(2,3)33)22-14-24(34-6)26-21-10-9-18-13-20(31)11-12-28(18,4)23(21)15-25(32)29(22,26)5/h7-10,13,17,19,22-25,30,32-33H,11-12,14-16H2,1-6H3/b8-7+/t17-,19-,22-,23+,24-,25-,28+,29+/m1/s1. The summed E-state index contributed by atoms with van der Waals surface area (Å²) in [5.41, 5.74) is 2.04. The van der Waals surface area contributed by atoms with Crippen LogP contribution in [0.4, 0.5) is 0 Å². The quantitative estimate of drug-likeness (QED) is 0.508. The highest BCUT2D eigenvalue weighted by Gasteiger charge is 2.60. The molecule has 3 N–H and O–H groups in total. The predicted molar refractivity (Wildman–Crippen MR) is 133 cm³/mol. The zero-order valence-corrected chi connectivity index (χ0v) is 21.5. The summed E-state index contributed by atoms with van der Waals surface area (Å²) in [6.07, 6.45) is 12.4. The van der Waals surface area contributed by atoms with Crippen LogP contribution in [0.3, 0.4) is 0 Å². The molecule has 1 saturated carbocycles. The van der Waals surface area contributed by atoms with Gasteiger partial charge in [0.25, 0.3) is 0 Å². The second kappa shape index (κ2) is 8.85. The van der Waals surface area contributed by atoms with Gasteiger partial charge in [0, 0.05) is 24.9 Å². The van der Waals surface area contributed by atoms with Gasteiger partial charge in [0.1, 0.15) is 0 Å². The van der Waals surface area contributed by atoms with E-state index in [2.05, 4.69) is 39.0 Å². The van der Waals surface area contributed by atoms with Crippen LogP contribution in [0.5, 0.6) is 0 Å². The molecular weight excluding hydrogens is 428 g/mol. The van der Waals surface area contributed by atoms with E-state index in [4.69, 9.17) is 4.74 Å². The Morgan fingerprint density at radius 3 is 2.56 bits per heavy atom. The molecule has 8 atom stereocenters. The van der Waals surface area contributed by atoms with Gasteiger partial charge in [-0.3, -0.25) is 4.79 Å². The highest BCUT2D eigenvalue weighted by atomic mass is 16.5. The summed E-state index contributed by atoms with van der Waals surface area (Å²) in [5, 5.41) is 31.8. The van der Waals surface area contributed by atoms with Crippen LogP contribution < -0.4 is 0 Å². The first-order chi connectivity index (χ1) is 15.9. The van der Waals surface area contributed by atoms with Crippen molar-refractivity contribution in [2.45, 2.75) is 78.1 Å². The average Bonchev–Trinajstić information content (AvgIpc) is 3.08. The lowest BCUT2D eigenvalue weighted by Gasteiger charge is -2.53. The fourth-order valence-corrected chi connectivity index (χ4v) is 7.32. The van der Waals surface area contributed by atoms with E-state index in [0.29, 0.717) is 12.8 Å². The number of aliphatic hydroxyl groups excluding tert-OH is 2. The maximum atomic E-state index is 12.1. The summed E-state index contributed by atoms with van der Waals surface area (Å²) in [5.74, 6) is 0.319. The highest BCUT2D eigenvalue weighted by Crippen LogP contribution is 2.64. The summed E-state index contributed by atoms with van der Waals surface area (Å²) in [7, 11) is 1.76. The lowest BCUT2D eigenvalue weighted by Crippen LogP contribution is -2.49. The first-order valence-electron chi connectivity index (χ1n) is 12.8. The molecule has 4 aliphatic rings. The lowest BCUT2D eigenvalue weighted by molar-refractivity contribution is -0.116. The number of hydrogen-bond donors (Lipinski definition) is 3. The van der Waals surface area contributed by atoms with Crippen LogP contribution in [0.25, 0.3) is 0 Å². The van der Waals surface area contributed by atoms with Gasteiger partial charge in [-0.25, -0.2) is 0 Å². The molecule has 5 heteroatoms. The van der Waals surface area contributed by atoms with E-state index in [1.807, 2.05) is 6.08 Å². The number of carbonyl (C=O) groups is 1. The van der Waals surface area contributed by atoms with E-state index < -0.39 is 17.1 Å². The minimum atomic E-state index is -1.00. The molecule has 0 radical (unpaired) electrons. The topological polar surface area (TPSA) is 87.0 Å². The largest absolute Gasteiger partial charge is 0.396 e. The van der Waals surface area contributed by atoms with Crippen LogP contribution in [-0.2, 0) is 9.53 Å². The number of aliphatic hydroxyl groups is 3. The van der Waals surface area contributed by atoms with E-state index in [1.54, 1.807) is 27.0 Å². The smallest absolute Gasteiger partial charge is 0.156 e. The Labute approximate surface area is 204 Å². The van der Waals surface area contributed by atoms with Gasteiger partial charge in [0.05, 0.1) is 24.4 Å². The van der Waals surface area contributed by atoms with Gasteiger partial charge in [-0.15, -0.1) is 0 Å². The number of ketones is 1. The van der Waals surface area contributed by atoms with Gasteiger partial charge >= 0.3 is 0 Å². The van der Waals surface area contributed by atoms with Crippen molar-refractivity contribution in [3.63, 3.8) is 0 Å². The molecule has 4 aliphatic carbocycles. The van der Waals surface area contributed by atoms with Crippen molar-refractivity contribution in [1.29, 1.82) is 0 Å². The van der Waals surface area contributed by atoms with Crippen molar-refractivity contribution in [3.05, 3.63) is 47.1 Å². The third kappa shape index (κ3) is 3.89. The van der Waals surface area contributed by atoms with Crippen molar-refractivity contribution < 1.29 is 24.9 Å². The molecule has 34 heavy (non-hydrogen) atoms. The second-order valence-corrected chi connectivity index (χ2v) is 12.0. The third-order valence-electron chi connectivity index (χ3n) is 9.73. The average molecular weight is 471 g/mol. The van der Waals surface area contributed by atoms with Crippen molar-refractivity contribution in [2.75, 3.05) is 13.7 Å². The Balaban J connectivity index is 1.75. The zero-order chi connectivity index (χ0) is 25.1. The maximum absolute atomic E-state index is 12.1. The minimum absolute atomic E-state index is 0.0646. The highest BCUT2D eigenvalue weighted by molar-refractivity contribution is 5.92. The van der Waals surface area contributed by atoms with Gasteiger partial charge in [0.2, 0.25) is 0 Å². The molecule has 0 unspecified atom stereocenters. The number of ether oxygens (including phenoxy) is 1. The molecule has 0 aromatic rings. The van der Waals surface area contributed by atoms with E-state index in [0.717, 1.165) is 18.4 Å². The molecule has 188 valence electrons. The molecule has 4 rings (SSSR count). The second-order valence-electron chi connectivity index (χ2n) is 12.0. The van der Waals surface area contributed by atoms with Gasteiger partial charge in [-0.1, -0.05) is 45.1 Å². The number of fused-ring (bicyclic) bond motifs is 4. The number of carbonyl (C=O) groups excluding carboxylic acids is 1. The Hall–Kier alpha value is -1.53. The molecule has 0 heterocycles. The first kappa shape index (κ1) is 25.6. The molecule has 0 aromatic carbocycles. The maximum Gasteiger partial charge on any atom is 0.156 e. The van der Waals surface area contributed by atoms with Crippen LogP contribution >= 0.6 is 0 Å². The molecule has 0 bridgehead atoms. The van der Waals surface area contributed by atoms with E-state index in [1.165, 1.54) is 11.1 Å². The van der Waals surface area contributed by atoms with Crippen molar-refractivity contribution in [1.82, 2.24) is 0 Å². The van der Waals surface area contributed by atoms with Gasteiger partial charge in [0.15, 0.2) is 5.78 Å².